The Labute approximate surface area is 154 Å². The molecule has 0 aliphatic rings. The number of nitrogens with one attached hydrogen (secondary N) is 1. The molecule has 1 amide bonds. The molecule has 0 radical (unpaired) electrons. The smallest absolute Gasteiger partial charge is 0.338 e. The van der Waals surface area contributed by atoms with Crippen molar-refractivity contribution in [2.75, 3.05) is 11.9 Å². The minimum Gasteiger partial charge on any atom is -0.481 e. The van der Waals surface area contributed by atoms with Crippen molar-refractivity contribution < 1.29 is 19.1 Å². The van der Waals surface area contributed by atoms with Crippen LogP contribution in [-0.2, 0) is 9.53 Å². The van der Waals surface area contributed by atoms with Gasteiger partial charge in [0.2, 0.25) is 0 Å². The predicted octanol–water partition coefficient (Wildman–Crippen LogP) is 4.28. The summed E-state index contributed by atoms with van der Waals surface area (Å²) in [6.07, 6.45) is 0.128. The fraction of sp³-hybridized carbons (Fsp3) is 0.333. The molecule has 0 spiro atoms. The summed E-state index contributed by atoms with van der Waals surface area (Å²) in [5, 5.41) is 2.79. The van der Waals surface area contributed by atoms with E-state index >= 15 is 0 Å². The Kier molecular flexibility index (Phi) is 6.78. The van der Waals surface area contributed by atoms with Gasteiger partial charge >= 0.3 is 5.97 Å². The minimum absolute atomic E-state index is 0.257. The van der Waals surface area contributed by atoms with Gasteiger partial charge in [-0.3, -0.25) is 4.79 Å². The van der Waals surface area contributed by atoms with Crippen molar-refractivity contribution in [1.82, 2.24) is 0 Å². The molecule has 0 saturated carbocycles. The summed E-state index contributed by atoms with van der Waals surface area (Å²) in [7, 11) is 0. The summed E-state index contributed by atoms with van der Waals surface area (Å²) in [5.41, 5.74) is 3.10. The third-order valence-electron chi connectivity index (χ3n) is 3.84. The quantitative estimate of drug-likeness (QED) is 0.753. The van der Waals surface area contributed by atoms with E-state index in [1.807, 2.05) is 39.0 Å². The molecule has 2 rings (SSSR count). The first-order valence-corrected chi connectivity index (χ1v) is 8.72. The number of ether oxygens (including phenoxy) is 2. The van der Waals surface area contributed by atoms with Gasteiger partial charge in [0, 0.05) is 5.69 Å². The number of carbonyl (C=O) groups is 2. The fourth-order valence-electron chi connectivity index (χ4n) is 2.29. The number of hydrogen-bond donors (Lipinski definition) is 1. The van der Waals surface area contributed by atoms with E-state index in [2.05, 4.69) is 5.32 Å². The van der Waals surface area contributed by atoms with Crippen molar-refractivity contribution in [3.8, 4) is 5.75 Å². The lowest BCUT2D eigenvalue weighted by molar-refractivity contribution is -0.122. The summed E-state index contributed by atoms with van der Waals surface area (Å²) in [6, 6.07) is 12.5. The Balaban J connectivity index is 1.96. The van der Waals surface area contributed by atoms with Crippen molar-refractivity contribution in [3.05, 3.63) is 59.2 Å². The first kappa shape index (κ1) is 19.5. The van der Waals surface area contributed by atoms with E-state index < -0.39 is 6.10 Å². The van der Waals surface area contributed by atoms with E-state index in [9.17, 15) is 9.59 Å². The zero-order valence-electron chi connectivity index (χ0n) is 15.7. The number of hydrogen-bond acceptors (Lipinski definition) is 4. The van der Waals surface area contributed by atoms with Crippen LogP contribution in [0.25, 0.3) is 0 Å². The van der Waals surface area contributed by atoms with Gasteiger partial charge in [0.15, 0.2) is 6.10 Å². The van der Waals surface area contributed by atoms with Gasteiger partial charge in [-0.25, -0.2) is 4.79 Å². The van der Waals surface area contributed by atoms with Crippen LogP contribution in [0.15, 0.2) is 42.5 Å². The highest BCUT2D eigenvalue weighted by atomic mass is 16.5. The zero-order chi connectivity index (χ0) is 19.1. The Morgan fingerprint density at radius 1 is 1.08 bits per heavy atom. The van der Waals surface area contributed by atoms with Gasteiger partial charge in [0.1, 0.15) is 5.75 Å². The molecule has 1 N–H and O–H groups in total. The SMILES string of the molecule is CCCOC(=O)c1ccc(NC(=O)C(C)Oc2cc(C)ccc2C)cc1. The van der Waals surface area contributed by atoms with Crippen LogP contribution >= 0.6 is 0 Å². The van der Waals surface area contributed by atoms with Crippen LogP contribution in [0, 0.1) is 13.8 Å². The van der Waals surface area contributed by atoms with Crippen LogP contribution < -0.4 is 10.1 Å². The number of anilines is 1. The van der Waals surface area contributed by atoms with Crippen molar-refractivity contribution in [2.24, 2.45) is 0 Å². The molecule has 1 atom stereocenters. The molecule has 138 valence electrons. The van der Waals surface area contributed by atoms with Gasteiger partial charge in [-0.1, -0.05) is 19.1 Å². The van der Waals surface area contributed by atoms with Crippen LogP contribution in [0.3, 0.4) is 0 Å². The summed E-state index contributed by atoms with van der Waals surface area (Å²) >= 11 is 0. The van der Waals surface area contributed by atoms with Gasteiger partial charge in [-0.2, -0.15) is 0 Å². The molecule has 0 bridgehead atoms. The van der Waals surface area contributed by atoms with Gasteiger partial charge in [-0.05, 0) is 68.7 Å². The maximum absolute atomic E-state index is 12.3. The van der Waals surface area contributed by atoms with E-state index in [0.29, 0.717) is 23.6 Å². The first-order valence-electron chi connectivity index (χ1n) is 8.72. The lowest BCUT2D eigenvalue weighted by atomic mass is 10.1. The molecule has 1 unspecified atom stereocenters. The van der Waals surface area contributed by atoms with Gasteiger partial charge in [0.05, 0.1) is 12.2 Å². The Hall–Kier alpha value is -2.82. The van der Waals surface area contributed by atoms with E-state index in [1.54, 1.807) is 31.2 Å². The van der Waals surface area contributed by atoms with E-state index in [4.69, 9.17) is 9.47 Å². The molecular formula is C21H25NO4. The maximum Gasteiger partial charge on any atom is 0.338 e. The number of carbonyl (C=O) groups excluding carboxylic acids is 2. The molecule has 0 heterocycles. The molecule has 2 aromatic carbocycles. The molecule has 0 aromatic heterocycles. The number of rotatable bonds is 7. The minimum atomic E-state index is -0.648. The van der Waals surface area contributed by atoms with Crippen LogP contribution in [0.5, 0.6) is 5.75 Å². The van der Waals surface area contributed by atoms with Gasteiger partial charge in [0.25, 0.3) is 5.91 Å². The second-order valence-electron chi connectivity index (χ2n) is 6.23. The monoisotopic (exact) mass is 355 g/mol. The molecule has 0 fully saturated rings. The molecule has 26 heavy (non-hydrogen) atoms. The number of esters is 1. The summed E-state index contributed by atoms with van der Waals surface area (Å²) < 4.78 is 10.9. The summed E-state index contributed by atoms with van der Waals surface area (Å²) in [6.45, 7) is 7.95. The third-order valence-corrected chi connectivity index (χ3v) is 3.84. The Bertz CT molecular complexity index is 768. The Morgan fingerprint density at radius 3 is 2.42 bits per heavy atom. The molecular weight excluding hydrogens is 330 g/mol. The third kappa shape index (κ3) is 5.34. The van der Waals surface area contributed by atoms with Crippen molar-refractivity contribution in [1.29, 1.82) is 0 Å². The van der Waals surface area contributed by atoms with E-state index in [0.717, 1.165) is 17.5 Å². The van der Waals surface area contributed by atoms with Crippen LogP contribution in [-0.4, -0.2) is 24.6 Å². The lowest BCUT2D eigenvalue weighted by Gasteiger charge is -2.17. The molecule has 0 saturated heterocycles. The molecule has 0 aliphatic heterocycles. The predicted molar refractivity (Wildman–Crippen MR) is 102 cm³/mol. The van der Waals surface area contributed by atoms with Crippen LogP contribution in [0.2, 0.25) is 0 Å². The number of benzene rings is 2. The largest absolute Gasteiger partial charge is 0.481 e. The zero-order valence-corrected chi connectivity index (χ0v) is 15.7. The molecule has 5 nitrogen and oxygen atoms in total. The topological polar surface area (TPSA) is 64.6 Å². The van der Waals surface area contributed by atoms with Crippen LogP contribution in [0.1, 0.15) is 41.8 Å². The highest BCUT2D eigenvalue weighted by molar-refractivity contribution is 5.95. The van der Waals surface area contributed by atoms with Crippen molar-refractivity contribution >= 4 is 17.6 Å². The molecule has 5 heteroatoms. The Morgan fingerprint density at radius 2 is 1.77 bits per heavy atom. The van der Waals surface area contributed by atoms with Gasteiger partial charge < -0.3 is 14.8 Å². The molecule has 2 aromatic rings. The average Bonchev–Trinajstić information content (AvgIpc) is 2.63. The number of aryl methyl sites for hydroxylation is 2. The summed E-state index contributed by atoms with van der Waals surface area (Å²) in [4.78, 5) is 24.1. The fourth-order valence-corrected chi connectivity index (χ4v) is 2.29. The van der Waals surface area contributed by atoms with Crippen molar-refractivity contribution in [2.45, 2.75) is 40.2 Å². The second kappa shape index (κ2) is 9.04. The van der Waals surface area contributed by atoms with E-state index in [-0.39, 0.29) is 11.9 Å². The number of amides is 1. The summed E-state index contributed by atoms with van der Waals surface area (Å²) in [5.74, 6) is 0.0743. The standard InChI is InChI=1S/C21H25NO4/c1-5-12-25-21(24)17-8-10-18(11-9-17)22-20(23)16(4)26-19-13-14(2)6-7-15(19)3/h6-11,13,16H,5,12H2,1-4H3,(H,22,23). The van der Waals surface area contributed by atoms with E-state index in [1.165, 1.54) is 0 Å². The second-order valence-corrected chi connectivity index (χ2v) is 6.23. The first-order chi connectivity index (χ1) is 12.4. The normalized spacial score (nSPS) is 11.5. The lowest BCUT2D eigenvalue weighted by Crippen LogP contribution is -2.30. The average molecular weight is 355 g/mol. The van der Waals surface area contributed by atoms with Gasteiger partial charge in [-0.15, -0.1) is 0 Å². The highest BCUT2D eigenvalue weighted by Gasteiger charge is 2.16. The van der Waals surface area contributed by atoms with Crippen LogP contribution in [0.4, 0.5) is 5.69 Å². The maximum atomic E-state index is 12.3. The van der Waals surface area contributed by atoms with Crippen molar-refractivity contribution in [3.63, 3.8) is 0 Å². The molecule has 0 aliphatic carbocycles. The highest BCUT2D eigenvalue weighted by Crippen LogP contribution is 2.21.